The predicted octanol–water partition coefficient (Wildman–Crippen LogP) is 1.81. The lowest BCUT2D eigenvalue weighted by Crippen LogP contribution is -2.38. The van der Waals surface area contributed by atoms with Gasteiger partial charge in [-0.25, -0.2) is 4.98 Å². The first-order chi connectivity index (χ1) is 7.99. The molecule has 0 radical (unpaired) electrons. The zero-order valence-electron chi connectivity index (χ0n) is 11.1. The van der Waals surface area contributed by atoms with Gasteiger partial charge < -0.3 is 9.67 Å². The second-order valence-corrected chi connectivity index (χ2v) is 5.64. The Labute approximate surface area is 103 Å². The van der Waals surface area contributed by atoms with E-state index in [4.69, 9.17) is 0 Å². The summed E-state index contributed by atoms with van der Waals surface area (Å²) in [4.78, 5) is 6.50. The summed E-state index contributed by atoms with van der Waals surface area (Å²) >= 11 is 0. The molecule has 0 amide bonds. The van der Waals surface area contributed by atoms with Gasteiger partial charge in [-0.1, -0.05) is 6.92 Å². The molecule has 1 N–H and O–H groups in total. The van der Waals surface area contributed by atoms with Gasteiger partial charge in [0.2, 0.25) is 0 Å². The van der Waals surface area contributed by atoms with Gasteiger partial charge in [-0.3, -0.25) is 4.90 Å². The zero-order valence-corrected chi connectivity index (χ0v) is 11.1. The van der Waals surface area contributed by atoms with Crippen LogP contribution in [0, 0.1) is 0 Å². The Kier molecular flexibility index (Phi) is 3.54. The standard InChI is InChI=1S/C13H23N3O/c1-4-15(9-13(2,3)17)8-12-7-14-10-16(12)11-5-6-11/h7,10-11,17H,4-6,8-9H2,1-3H3. The van der Waals surface area contributed by atoms with Crippen LogP contribution in [-0.2, 0) is 6.54 Å². The van der Waals surface area contributed by atoms with E-state index in [1.807, 2.05) is 26.4 Å². The molecule has 1 aliphatic carbocycles. The molecule has 1 fully saturated rings. The van der Waals surface area contributed by atoms with E-state index in [0.717, 1.165) is 13.1 Å². The molecule has 1 aromatic rings. The van der Waals surface area contributed by atoms with Gasteiger partial charge >= 0.3 is 0 Å². The molecule has 1 heterocycles. The van der Waals surface area contributed by atoms with Crippen molar-refractivity contribution in [2.45, 2.75) is 51.8 Å². The minimum absolute atomic E-state index is 0.638. The second-order valence-electron chi connectivity index (χ2n) is 5.64. The molecule has 96 valence electrons. The highest BCUT2D eigenvalue weighted by Gasteiger charge is 2.26. The van der Waals surface area contributed by atoms with Crippen molar-refractivity contribution in [3.63, 3.8) is 0 Å². The quantitative estimate of drug-likeness (QED) is 0.820. The summed E-state index contributed by atoms with van der Waals surface area (Å²) in [6.45, 7) is 8.35. The van der Waals surface area contributed by atoms with Crippen molar-refractivity contribution in [2.24, 2.45) is 0 Å². The fourth-order valence-electron chi connectivity index (χ4n) is 2.19. The first kappa shape index (κ1) is 12.6. The Morgan fingerprint density at radius 1 is 1.53 bits per heavy atom. The Hall–Kier alpha value is -0.870. The van der Waals surface area contributed by atoms with Gasteiger partial charge in [0.25, 0.3) is 0 Å². The van der Waals surface area contributed by atoms with Gasteiger partial charge in [0.1, 0.15) is 0 Å². The molecule has 0 saturated heterocycles. The van der Waals surface area contributed by atoms with Crippen molar-refractivity contribution in [1.82, 2.24) is 14.5 Å². The van der Waals surface area contributed by atoms with Crippen molar-refractivity contribution in [3.05, 3.63) is 18.2 Å². The SMILES string of the molecule is CCN(Cc1cncn1C1CC1)CC(C)(C)O. The van der Waals surface area contributed by atoms with Crippen LogP contribution >= 0.6 is 0 Å². The number of hydrogen-bond acceptors (Lipinski definition) is 3. The molecule has 0 spiro atoms. The van der Waals surface area contributed by atoms with Crippen LogP contribution in [0.5, 0.6) is 0 Å². The van der Waals surface area contributed by atoms with Crippen LogP contribution in [0.4, 0.5) is 0 Å². The number of likely N-dealkylation sites (N-methyl/N-ethyl adjacent to an activating group) is 1. The predicted molar refractivity (Wildman–Crippen MR) is 67.7 cm³/mol. The van der Waals surface area contributed by atoms with Crippen LogP contribution in [0.3, 0.4) is 0 Å². The van der Waals surface area contributed by atoms with Crippen molar-refractivity contribution >= 4 is 0 Å². The van der Waals surface area contributed by atoms with Gasteiger partial charge in [0.15, 0.2) is 0 Å². The summed E-state index contributed by atoms with van der Waals surface area (Å²) < 4.78 is 2.28. The van der Waals surface area contributed by atoms with E-state index in [2.05, 4.69) is 21.4 Å². The summed E-state index contributed by atoms with van der Waals surface area (Å²) in [6.07, 6.45) is 6.44. The molecular weight excluding hydrogens is 214 g/mol. The molecule has 17 heavy (non-hydrogen) atoms. The summed E-state index contributed by atoms with van der Waals surface area (Å²) in [7, 11) is 0. The molecule has 4 heteroatoms. The van der Waals surface area contributed by atoms with E-state index in [1.165, 1.54) is 18.5 Å². The maximum atomic E-state index is 9.87. The molecule has 2 rings (SSSR count). The second kappa shape index (κ2) is 4.78. The third kappa shape index (κ3) is 3.54. The van der Waals surface area contributed by atoms with Gasteiger partial charge in [0.05, 0.1) is 17.6 Å². The third-order valence-corrected chi connectivity index (χ3v) is 3.13. The highest BCUT2D eigenvalue weighted by atomic mass is 16.3. The molecule has 0 unspecified atom stereocenters. The highest BCUT2D eigenvalue weighted by Crippen LogP contribution is 2.35. The Bertz CT molecular complexity index is 363. The Morgan fingerprint density at radius 2 is 2.24 bits per heavy atom. The average Bonchev–Trinajstić information content (AvgIpc) is 2.97. The van der Waals surface area contributed by atoms with Crippen molar-refractivity contribution in [2.75, 3.05) is 13.1 Å². The minimum Gasteiger partial charge on any atom is -0.389 e. The molecule has 0 atom stereocenters. The van der Waals surface area contributed by atoms with Crippen LogP contribution in [0.1, 0.15) is 45.3 Å². The average molecular weight is 237 g/mol. The summed E-state index contributed by atoms with van der Waals surface area (Å²) in [6, 6.07) is 0.674. The number of nitrogens with zero attached hydrogens (tertiary/aromatic N) is 3. The summed E-state index contributed by atoms with van der Waals surface area (Å²) in [5.74, 6) is 0. The fourth-order valence-corrected chi connectivity index (χ4v) is 2.19. The smallest absolute Gasteiger partial charge is 0.0951 e. The van der Waals surface area contributed by atoms with E-state index < -0.39 is 5.60 Å². The third-order valence-electron chi connectivity index (χ3n) is 3.13. The first-order valence-electron chi connectivity index (χ1n) is 6.45. The van der Waals surface area contributed by atoms with Gasteiger partial charge in [0, 0.05) is 25.3 Å². The van der Waals surface area contributed by atoms with Crippen molar-refractivity contribution < 1.29 is 5.11 Å². The van der Waals surface area contributed by atoms with E-state index in [1.54, 1.807) is 0 Å². The van der Waals surface area contributed by atoms with Gasteiger partial charge in [-0.15, -0.1) is 0 Å². The highest BCUT2D eigenvalue weighted by molar-refractivity contribution is 5.03. The number of imidazole rings is 1. The molecule has 1 saturated carbocycles. The maximum absolute atomic E-state index is 9.87. The largest absolute Gasteiger partial charge is 0.389 e. The van der Waals surface area contributed by atoms with E-state index >= 15 is 0 Å². The maximum Gasteiger partial charge on any atom is 0.0951 e. The monoisotopic (exact) mass is 237 g/mol. The van der Waals surface area contributed by atoms with Crippen LogP contribution in [0.25, 0.3) is 0 Å². The lowest BCUT2D eigenvalue weighted by molar-refractivity contribution is 0.0346. The molecule has 0 bridgehead atoms. The molecule has 1 aliphatic rings. The number of aliphatic hydroxyl groups is 1. The fraction of sp³-hybridized carbons (Fsp3) is 0.769. The topological polar surface area (TPSA) is 41.3 Å². The molecule has 0 aromatic carbocycles. The number of aromatic nitrogens is 2. The number of hydrogen-bond donors (Lipinski definition) is 1. The van der Waals surface area contributed by atoms with Crippen LogP contribution in [0.15, 0.2) is 12.5 Å². The number of rotatable bonds is 6. The normalized spacial score (nSPS) is 16.8. The molecule has 1 aromatic heterocycles. The van der Waals surface area contributed by atoms with Crippen molar-refractivity contribution in [1.29, 1.82) is 0 Å². The lowest BCUT2D eigenvalue weighted by Gasteiger charge is -2.28. The lowest BCUT2D eigenvalue weighted by atomic mass is 10.1. The van der Waals surface area contributed by atoms with Crippen molar-refractivity contribution in [3.8, 4) is 0 Å². The molecule has 4 nitrogen and oxygen atoms in total. The molecule has 0 aliphatic heterocycles. The van der Waals surface area contributed by atoms with Gasteiger partial charge in [-0.2, -0.15) is 0 Å². The van der Waals surface area contributed by atoms with Crippen LogP contribution in [-0.4, -0.2) is 38.2 Å². The minimum atomic E-state index is -0.638. The van der Waals surface area contributed by atoms with E-state index in [0.29, 0.717) is 12.6 Å². The Morgan fingerprint density at radius 3 is 2.76 bits per heavy atom. The molecular formula is C13H23N3O. The van der Waals surface area contributed by atoms with E-state index in [-0.39, 0.29) is 0 Å². The van der Waals surface area contributed by atoms with Crippen LogP contribution < -0.4 is 0 Å². The Balaban J connectivity index is 1.99. The van der Waals surface area contributed by atoms with Crippen LogP contribution in [0.2, 0.25) is 0 Å². The van der Waals surface area contributed by atoms with Gasteiger partial charge in [-0.05, 0) is 33.2 Å². The zero-order chi connectivity index (χ0) is 12.5. The van der Waals surface area contributed by atoms with E-state index in [9.17, 15) is 5.11 Å². The summed E-state index contributed by atoms with van der Waals surface area (Å²) in [5, 5.41) is 9.87. The first-order valence-corrected chi connectivity index (χ1v) is 6.45. The summed E-state index contributed by atoms with van der Waals surface area (Å²) in [5.41, 5.74) is 0.624.